The Morgan fingerprint density at radius 1 is 1.25 bits per heavy atom. The molecular weight excluding hydrogens is 254 g/mol. The molecule has 1 aromatic carbocycles. The molecule has 3 rings (SSSR count). The highest BCUT2D eigenvalue weighted by Gasteiger charge is 2.12. The number of rotatable bonds is 3. The molecule has 1 N–H and O–H groups in total. The normalized spacial score (nSPS) is 10.7. The Kier molecular flexibility index (Phi) is 3.16. The number of nitrogens with zero attached hydrogens (tertiary/aromatic N) is 3. The van der Waals surface area contributed by atoms with Gasteiger partial charge >= 0.3 is 0 Å². The molecule has 0 bridgehead atoms. The minimum Gasteiger partial charge on any atom is -0.505 e. The standard InChI is InChI=1S/C15H13N3O2/c1-10-3-2-4-11(7-10)8-14-17-15(20-18-14)12-5-6-16-9-13(12)19/h2-7,9,19H,8H2,1H3. The molecule has 0 unspecified atom stereocenters. The highest BCUT2D eigenvalue weighted by molar-refractivity contribution is 5.60. The summed E-state index contributed by atoms with van der Waals surface area (Å²) in [6.45, 7) is 2.04. The average Bonchev–Trinajstić information content (AvgIpc) is 2.87. The topological polar surface area (TPSA) is 72.0 Å². The zero-order chi connectivity index (χ0) is 13.9. The van der Waals surface area contributed by atoms with E-state index in [0.29, 0.717) is 23.7 Å². The van der Waals surface area contributed by atoms with Crippen LogP contribution < -0.4 is 0 Å². The fraction of sp³-hybridized carbons (Fsp3) is 0.133. The number of hydrogen-bond acceptors (Lipinski definition) is 5. The number of aromatic nitrogens is 3. The molecule has 3 aromatic rings. The highest BCUT2D eigenvalue weighted by Crippen LogP contribution is 2.26. The number of hydrogen-bond donors (Lipinski definition) is 1. The van der Waals surface area contributed by atoms with Crippen molar-refractivity contribution in [2.24, 2.45) is 0 Å². The maximum absolute atomic E-state index is 9.71. The maximum atomic E-state index is 9.71. The quantitative estimate of drug-likeness (QED) is 0.790. The summed E-state index contributed by atoms with van der Waals surface area (Å²) in [5.41, 5.74) is 2.80. The van der Waals surface area contributed by atoms with Crippen LogP contribution in [0.15, 0.2) is 47.2 Å². The van der Waals surface area contributed by atoms with Crippen molar-refractivity contribution in [3.8, 4) is 17.2 Å². The molecular formula is C15H13N3O2. The molecule has 0 aliphatic carbocycles. The Labute approximate surface area is 115 Å². The summed E-state index contributed by atoms with van der Waals surface area (Å²) in [6, 6.07) is 9.78. The van der Waals surface area contributed by atoms with E-state index in [4.69, 9.17) is 4.52 Å². The fourth-order valence-electron chi connectivity index (χ4n) is 2.01. The second kappa shape index (κ2) is 5.13. The van der Waals surface area contributed by atoms with Gasteiger partial charge in [0.05, 0.1) is 11.8 Å². The Balaban J connectivity index is 1.86. The first kappa shape index (κ1) is 12.3. The van der Waals surface area contributed by atoms with E-state index in [1.54, 1.807) is 12.3 Å². The van der Waals surface area contributed by atoms with Gasteiger partial charge in [0.1, 0.15) is 5.75 Å². The van der Waals surface area contributed by atoms with Crippen molar-refractivity contribution >= 4 is 0 Å². The molecule has 0 fully saturated rings. The third-order valence-electron chi connectivity index (χ3n) is 2.94. The molecule has 0 aliphatic rings. The number of pyridine rings is 1. The van der Waals surface area contributed by atoms with Gasteiger partial charge in [-0.15, -0.1) is 0 Å². The van der Waals surface area contributed by atoms with Gasteiger partial charge in [-0.2, -0.15) is 4.98 Å². The first-order valence-electron chi connectivity index (χ1n) is 6.24. The Hall–Kier alpha value is -2.69. The van der Waals surface area contributed by atoms with Gasteiger partial charge in [-0.3, -0.25) is 4.98 Å². The van der Waals surface area contributed by atoms with E-state index >= 15 is 0 Å². The predicted octanol–water partition coefficient (Wildman–Crippen LogP) is 2.74. The third kappa shape index (κ3) is 2.51. The van der Waals surface area contributed by atoms with Gasteiger partial charge in [0.15, 0.2) is 5.82 Å². The second-order valence-corrected chi connectivity index (χ2v) is 4.57. The zero-order valence-electron chi connectivity index (χ0n) is 10.9. The van der Waals surface area contributed by atoms with Crippen LogP contribution in [0.2, 0.25) is 0 Å². The third-order valence-corrected chi connectivity index (χ3v) is 2.94. The van der Waals surface area contributed by atoms with Crippen molar-refractivity contribution in [2.75, 3.05) is 0 Å². The van der Waals surface area contributed by atoms with Crippen LogP contribution in [-0.2, 0) is 6.42 Å². The highest BCUT2D eigenvalue weighted by atomic mass is 16.5. The van der Waals surface area contributed by atoms with E-state index in [1.165, 1.54) is 11.8 Å². The number of aryl methyl sites for hydroxylation is 1. The summed E-state index contributed by atoms with van der Waals surface area (Å²) in [5.74, 6) is 0.910. The van der Waals surface area contributed by atoms with Crippen molar-refractivity contribution in [2.45, 2.75) is 13.3 Å². The molecule has 0 saturated heterocycles. The van der Waals surface area contributed by atoms with Gasteiger partial charge in [0.2, 0.25) is 0 Å². The molecule has 0 radical (unpaired) electrons. The molecule has 2 heterocycles. The van der Waals surface area contributed by atoms with E-state index in [0.717, 1.165) is 5.56 Å². The Morgan fingerprint density at radius 2 is 2.15 bits per heavy atom. The monoisotopic (exact) mass is 267 g/mol. The van der Waals surface area contributed by atoms with E-state index in [1.807, 2.05) is 25.1 Å². The van der Waals surface area contributed by atoms with Crippen LogP contribution in [0.4, 0.5) is 0 Å². The fourth-order valence-corrected chi connectivity index (χ4v) is 2.01. The summed E-state index contributed by atoms with van der Waals surface area (Å²) in [5, 5.41) is 13.7. The van der Waals surface area contributed by atoms with E-state index < -0.39 is 0 Å². The van der Waals surface area contributed by atoms with Gasteiger partial charge in [-0.1, -0.05) is 35.0 Å². The smallest absolute Gasteiger partial charge is 0.261 e. The van der Waals surface area contributed by atoms with E-state index in [2.05, 4.69) is 21.2 Å². The molecule has 0 aliphatic heterocycles. The molecule has 0 spiro atoms. The maximum Gasteiger partial charge on any atom is 0.261 e. The Morgan fingerprint density at radius 3 is 2.95 bits per heavy atom. The lowest BCUT2D eigenvalue weighted by molar-refractivity contribution is 0.418. The molecule has 5 heteroatoms. The van der Waals surface area contributed by atoms with Crippen molar-refractivity contribution in [3.63, 3.8) is 0 Å². The minimum atomic E-state index is 0.0262. The van der Waals surface area contributed by atoms with Gasteiger partial charge in [0, 0.05) is 12.6 Å². The number of aromatic hydroxyl groups is 1. The van der Waals surface area contributed by atoms with Crippen LogP contribution in [0.1, 0.15) is 17.0 Å². The molecule has 5 nitrogen and oxygen atoms in total. The SMILES string of the molecule is Cc1cccc(Cc2noc(-c3ccncc3O)n2)c1. The van der Waals surface area contributed by atoms with Crippen LogP contribution in [0.25, 0.3) is 11.5 Å². The molecule has 0 amide bonds. The van der Waals surface area contributed by atoms with E-state index in [-0.39, 0.29) is 5.75 Å². The van der Waals surface area contributed by atoms with E-state index in [9.17, 15) is 5.11 Å². The lowest BCUT2D eigenvalue weighted by Gasteiger charge is -1.98. The van der Waals surface area contributed by atoms with Crippen LogP contribution in [-0.4, -0.2) is 20.2 Å². The molecule has 0 atom stereocenters. The molecule has 2 aromatic heterocycles. The van der Waals surface area contributed by atoms with Gasteiger partial charge < -0.3 is 9.63 Å². The zero-order valence-corrected chi connectivity index (χ0v) is 10.9. The number of benzene rings is 1. The summed E-state index contributed by atoms with van der Waals surface area (Å²) >= 11 is 0. The van der Waals surface area contributed by atoms with Crippen molar-refractivity contribution in [1.82, 2.24) is 15.1 Å². The summed E-state index contributed by atoms with van der Waals surface area (Å²) in [4.78, 5) is 8.12. The lowest BCUT2D eigenvalue weighted by atomic mass is 10.1. The van der Waals surface area contributed by atoms with Crippen LogP contribution >= 0.6 is 0 Å². The summed E-state index contributed by atoms with van der Waals surface area (Å²) < 4.78 is 5.19. The molecule has 0 saturated carbocycles. The van der Waals surface area contributed by atoms with Gasteiger partial charge in [-0.25, -0.2) is 0 Å². The summed E-state index contributed by atoms with van der Waals surface area (Å²) in [7, 11) is 0. The van der Waals surface area contributed by atoms with Crippen LogP contribution in [0.3, 0.4) is 0 Å². The first-order valence-corrected chi connectivity index (χ1v) is 6.24. The second-order valence-electron chi connectivity index (χ2n) is 4.57. The largest absolute Gasteiger partial charge is 0.505 e. The predicted molar refractivity (Wildman–Crippen MR) is 73.2 cm³/mol. The van der Waals surface area contributed by atoms with Crippen LogP contribution in [0, 0.1) is 6.92 Å². The summed E-state index contributed by atoms with van der Waals surface area (Å²) in [6.07, 6.45) is 3.51. The first-order chi connectivity index (χ1) is 9.72. The lowest BCUT2D eigenvalue weighted by Crippen LogP contribution is -1.91. The molecule has 100 valence electrons. The van der Waals surface area contributed by atoms with Crippen molar-refractivity contribution in [3.05, 3.63) is 59.7 Å². The van der Waals surface area contributed by atoms with Gasteiger partial charge in [0.25, 0.3) is 5.89 Å². The van der Waals surface area contributed by atoms with Gasteiger partial charge in [-0.05, 0) is 18.6 Å². The Bertz CT molecular complexity index is 737. The van der Waals surface area contributed by atoms with Crippen molar-refractivity contribution < 1.29 is 9.63 Å². The van der Waals surface area contributed by atoms with Crippen LogP contribution in [0.5, 0.6) is 5.75 Å². The molecule has 20 heavy (non-hydrogen) atoms. The average molecular weight is 267 g/mol. The minimum absolute atomic E-state index is 0.0262. The van der Waals surface area contributed by atoms with Crippen molar-refractivity contribution in [1.29, 1.82) is 0 Å².